The number of halogens is 1. The molecular weight excluding hydrogens is 613 g/mol. The Bertz CT molecular complexity index is 1290. The number of pyridine rings is 1. The Morgan fingerprint density at radius 2 is 1.89 bits per heavy atom. The molecule has 3 aromatic rings. The van der Waals surface area contributed by atoms with Crippen LogP contribution in [0, 0.1) is 0 Å². The molecule has 3 heterocycles. The van der Waals surface area contributed by atoms with Crippen LogP contribution in [-0.4, -0.2) is 80.9 Å². The van der Waals surface area contributed by atoms with E-state index in [4.69, 9.17) is 0 Å². The molecule has 0 atom stereocenters. The van der Waals surface area contributed by atoms with Gasteiger partial charge >= 0.3 is 0 Å². The van der Waals surface area contributed by atoms with Crippen LogP contribution in [0.15, 0.2) is 41.5 Å². The average Bonchev–Trinajstić information content (AvgIpc) is 3.29. The Balaban J connectivity index is 0.000000204. The number of aromatic hydroxyl groups is 1. The number of nitrogens with one attached hydrogen (secondary N) is 1. The molecule has 1 saturated carbocycles. The van der Waals surface area contributed by atoms with Gasteiger partial charge in [0.25, 0.3) is 5.56 Å². The summed E-state index contributed by atoms with van der Waals surface area (Å²) in [6, 6.07) is 7.81. The number of hydrogen-bond acceptors (Lipinski definition) is 7. The smallest absolute Gasteiger partial charge is 0.275 e. The summed E-state index contributed by atoms with van der Waals surface area (Å²) in [6.45, 7) is 10.7. The van der Waals surface area contributed by atoms with Gasteiger partial charge in [-0.1, -0.05) is 12.5 Å². The van der Waals surface area contributed by atoms with Crippen molar-refractivity contribution in [1.29, 1.82) is 0 Å². The Kier molecular flexibility index (Phi) is 9.86. The number of aromatic nitrogens is 2. The van der Waals surface area contributed by atoms with E-state index in [1.807, 2.05) is 12.3 Å². The molecule has 10 heteroatoms. The molecule has 1 aliphatic heterocycles. The fourth-order valence-electron chi connectivity index (χ4n) is 4.98. The van der Waals surface area contributed by atoms with Gasteiger partial charge in [0, 0.05) is 112 Å². The second-order valence-corrected chi connectivity index (χ2v) is 12.6. The maximum absolute atomic E-state index is 12.5. The molecule has 0 unspecified atom stereocenters. The highest BCUT2D eigenvalue weighted by Crippen LogP contribution is 2.37. The lowest BCUT2D eigenvalue weighted by Crippen LogP contribution is -2.47. The van der Waals surface area contributed by atoms with Gasteiger partial charge in [0.05, 0.1) is 5.60 Å². The molecule has 2 fully saturated rings. The van der Waals surface area contributed by atoms with E-state index < -0.39 is 5.60 Å². The van der Waals surface area contributed by atoms with Crippen molar-refractivity contribution in [2.75, 3.05) is 46.3 Å². The molecule has 0 spiro atoms. The average molecular weight is 654 g/mol. The predicted octanol–water partition coefficient (Wildman–Crippen LogP) is 4.16. The minimum Gasteiger partial charge on any atom is -0.507 e. The second-order valence-electron chi connectivity index (χ2n) is 10.9. The van der Waals surface area contributed by atoms with E-state index in [9.17, 15) is 15.0 Å². The third-order valence-corrected chi connectivity index (χ3v) is 9.46. The van der Waals surface area contributed by atoms with Crippen molar-refractivity contribution in [3.05, 3.63) is 52.6 Å². The van der Waals surface area contributed by atoms with Gasteiger partial charge in [-0.3, -0.25) is 13.7 Å². The van der Waals surface area contributed by atoms with E-state index in [1.165, 1.54) is 72.2 Å². The van der Waals surface area contributed by atoms with E-state index in [2.05, 4.69) is 43.4 Å². The number of piperazine rings is 1. The Morgan fingerprint density at radius 1 is 1.18 bits per heavy atom. The van der Waals surface area contributed by atoms with E-state index in [-0.39, 0.29) is 11.3 Å². The summed E-state index contributed by atoms with van der Waals surface area (Å²) in [5.74, 6) is 0.109. The number of rotatable bonds is 7. The zero-order chi connectivity index (χ0) is 27.4. The van der Waals surface area contributed by atoms with E-state index in [1.54, 1.807) is 49.3 Å². The van der Waals surface area contributed by atoms with Gasteiger partial charge in [0.2, 0.25) is 0 Å². The van der Waals surface area contributed by atoms with Crippen molar-refractivity contribution < 1.29 is 10.2 Å². The van der Waals surface area contributed by atoms with Crippen LogP contribution in [0.2, 0.25) is 0 Å². The lowest BCUT2D eigenvalue weighted by Gasteiger charge is -2.36. The van der Waals surface area contributed by atoms with Crippen molar-refractivity contribution in [2.45, 2.75) is 44.8 Å². The third-order valence-electron chi connectivity index (χ3n) is 7.73. The van der Waals surface area contributed by atoms with Gasteiger partial charge < -0.3 is 25.0 Å². The molecular formula is C28H40IN5O3S. The van der Waals surface area contributed by atoms with Crippen molar-refractivity contribution in [3.8, 4) is 16.9 Å². The zero-order valence-corrected chi connectivity index (χ0v) is 25.8. The van der Waals surface area contributed by atoms with Crippen molar-refractivity contribution in [3.63, 3.8) is 0 Å². The highest BCUT2D eigenvalue weighted by molar-refractivity contribution is 14.2. The quantitative estimate of drug-likeness (QED) is 0.331. The predicted molar refractivity (Wildman–Crippen MR) is 166 cm³/mol. The van der Waals surface area contributed by atoms with E-state index >= 15 is 0 Å². The van der Waals surface area contributed by atoms with Crippen LogP contribution in [-0.2, 0) is 12.6 Å². The van der Waals surface area contributed by atoms with Crippen LogP contribution in [0.5, 0.6) is 5.75 Å². The first kappa shape index (κ1) is 29.4. The maximum atomic E-state index is 12.5. The summed E-state index contributed by atoms with van der Waals surface area (Å²) in [4.78, 5) is 17.6. The molecule has 0 bridgehead atoms. The maximum Gasteiger partial charge on any atom is 0.275 e. The Morgan fingerprint density at radius 3 is 2.50 bits per heavy atom. The van der Waals surface area contributed by atoms with Crippen LogP contribution in [0.3, 0.4) is 0 Å². The molecule has 3 N–H and O–H groups in total. The summed E-state index contributed by atoms with van der Waals surface area (Å²) in [7, 11) is 5.39. The standard InChI is InChI=1S/C17H17IN2O3S.C11H23N3/c1-17(2,23)10-4-5-14(21)12(8-10)13-9-19(3)16(22)15-11(13)6-7-20(15)24-18;1-13(11-3-2-4-11)9-10-14-7-5-12-6-8-14/h4-9,21,23H,1-3H3;11-12H,2-10H2,1H3. The summed E-state index contributed by atoms with van der Waals surface area (Å²) in [5, 5.41) is 24.8. The topological polar surface area (TPSA) is 85.9 Å². The highest BCUT2D eigenvalue weighted by Gasteiger charge is 2.22. The number of phenols is 1. The summed E-state index contributed by atoms with van der Waals surface area (Å²) in [5.41, 5.74) is 1.49. The van der Waals surface area contributed by atoms with Crippen LogP contribution in [0.1, 0.15) is 38.7 Å². The van der Waals surface area contributed by atoms with Crippen molar-refractivity contribution >= 4 is 41.2 Å². The molecule has 8 nitrogen and oxygen atoms in total. The van der Waals surface area contributed by atoms with Crippen molar-refractivity contribution in [2.24, 2.45) is 7.05 Å². The third kappa shape index (κ3) is 6.76. The number of aryl methyl sites for hydroxylation is 1. The molecule has 208 valence electrons. The van der Waals surface area contributed by atoms with Gasteiger partial charge in [-0.15, -0.1) is 0 Å². The first-order valence-electron chi connectivity index (χ1n) is 13.3. The fraction of sp³-hybridized carbons (Fsp3) is 0.536. The molecule has 38 heavy (non-hydrogen) atoms. The molecule has 2 aliphatic rings. The van der Waals surface area contributed by atoms with Gasteiger partial charge in [0.1, 0.15) is 11.3 Å². The molecule has 1 aliphatic carbocycles. The van der Waals surface area contributed by atoms with Gasteiger partial charge in [-0.25, -0.2) is 0 Å². The van der Waals surface area contributed by atoms with E-state index in [0.29, 0.717) is 16.6 Å². The molecule has 0 amide bonds. The number of aliphatic hydroxyl groups is 1. The SMILES string of the molecule is CN(CCN1CCNCC1)C1CCC1.Cn1cc(-c2cc(C(C)(C)O)ccc2O)c2ccn(SI)c2c1=O. The molecule has 1 aromatic carbocycles. The van der Waals surface area contributed by atoms with E-state index in [0.717, 1.165) is 17.0 Å². The van der Waals surface area contributed by atoms with Crippen LogP contribution in [0.4, 0.5) is 0 Å². The zero-order valence-electron chi connectivity index (χ0n) is 22.8. The summed E-state index contributed by atoms with van der Waals surface area (Å²) >= 11 is 2.12. The molecule has 5 rings (SSSR count). The van der Waals surface area contributed by atoms with Gasteiger partial charge in [0.15, 0.2) is 0 Å². The lowest BCUT2D eigenvalue weighted by atomic mass is 9.92. The minimum absolute atomic E-state index is 0.0963. The monoisotopic (exact) mass is 653 g/mol. The largest absolute Gasteiger partial charge is 0.507 e. The first-order chi connectivity index (χ1) is 18.1. The number of likely N-dealkylation sites (N-methyl/N-ethyl adjacent to an activating group) is 1. The second kappa shape index (κ2) is 12.7. The number of hydrogen-bond donors (Lipinski definition) is 3. The Labute approximate surface area is 241 Å². The number of benzene rings is 1. The van der Waals surface area contributed by atoms with Crippen LogP contribution < -0.4 is 10.9 Å². The van der Waals surface area contributed by atoms with Crippen LogP contribution in [0.25, 0.3) is 22.0 Å². The van der Waals surface area contributed by atoms with Gasteiger partial charge in [-0.2, -0.15) is 0 Å². The fourth-order valence-corrected chi connectivity index (χ4v) is 6.32. The molecule has 1 saturated heterocycles. The minimum atomic E-state index is -1.02. The molecule has 0 radical (unpaired) electrons. The highest BCUT2D eigenvalue weighted by atomic mass is 127. The summed E-state index contributed by atoms with van der Waals surface area (Å²) in [6.07, 6.45) is 7.86. The number of nitrogens with zero attached hydrogens (tertiary/aromatic N) is 4. The van der Waals surface area contributed by atoms with Gasteiger partial charge in [-0.05, 0) is 57.5 Å². The van der Waals surface area contributed by atoms with Crippen LogP contribution >= 0.6 is 30.3 Å². The normalized spacial score (nSPS) is 16.9. The van der Waals surface area contributed by atoms with Crippen molar-refractivity contribution in [1.82, 2.24) is 23.7 Å². The number of phenolic OH excluding ortho intramolecular Hbond substituents is 1. The first-order valence-corrected chi connectivity index (χ1v) is 16.6. The lowest BCUT2D eigenvalue weighted by molar-refractivity contribution is 0.0786. The molecule has 2 aromatic heterocycles. The Hall–Kier alpha value is -1.57. The summed E-state index contributed by atoms with van der Waals surface area (Å²) < 4.78 is 3.32. The number of fused-ring (bicyclic) bond motifs is 1.